The van der Waals surface area contributed by atoms with E-state index in [2.05, 4.69) is 36.6 Å². The maximum absolute atomic E-state index is 12.0. The molecular formula is C11H12BrN5O. The Balaban J connectivity index is 1.76. The predicted molar refractivity (Wildman–Crippen MR) is 70.6 cm³/mol. The number of amides is 1. The first kappa shape index (κ1) is 11.5. The van der Waals surface area contributed by atoms with E-state index < -0.39 is 0 Å². The molecule has 3 N–H and O–H groups in total. The van der Waals surface area contributed by atoms with Crippen LogP contribution in [0.5, 0.6) is 0 Å². The van der Waals surface area contributed by atoms with Crippen LogP contribution in [-0.2, 0) is 0 Å². The van der Waals surface area contributed by atoms with Crippen LogP contribution in [0.15, 0.2) is 29.0 Å². The third-order valence-electron chi connectivity index (χ3n) is 2.91. The van der Waals surface area contributed by atoms with Crippen molar-refractivity contribution in [3.8, 4) is 0 Å². The quantitative estimate of drug-likeness (QED) is 0.801. The number of carbonyl (C=O) groups excluding carboxylic acids is 1. The molecule has 7 heteroatoms. The van der Waals surface area contributed by atoms with Crippen LogP contribution >= 0.6 is 15.9 Å². The summed E-state index contributed by atoms with van der Waals surface area (Å²) in [4.78, 5) is 14.9. The van der Waals surface area contributed by atoms with Crippen LogP contribution in [-0.4, -0.2) is 33.8 Å². The van der Waals surface area contributed by atoms with Gasteiger partial charge in [-0.2, -0.15) is 5.10 Å². The lowest BCUT2D eigenvalue weighted by molar-refractivity contribution is 0.102. The summed E-state index contributed by atoms with van der Waals surface area (Å²) in [6.07, 6.45) is 3.42. The zero-order chi connectivity index (χ0) is 12.5. The molecule has 18 heavy (non-hydrogen) atoms. The van der Waals surface area contributed by atoms with Gasteiger partial charge in [0.15, 0.2) is 0 Å². The standard InChI is InChI=1S/C11H12BrN5O/c12-7-3-9(14-4-7)11(18)16-10-1-2-15-17(10)8-5-13-6-8/h1-4,8,13-14H,5-6H2,(H,16,18). The molecule has 0 aliphatic carbocycles. The molecule has 1 amide bonds. The van der Waals surface area contributed by atoms with E-state index in [1.54, 1.807) is 24.5 Å². The molecule has 0 spiro atoms. The van der Waals surface area contributed by atoms with Crippen molar-refractivity contribution in [1.29, 1.82) is 0 Å². The number of aromatic amines is 1. The summed E-state index contributed by atoms with van der Waals surface area (Å²) < 4.78 is 2.69. The van der Waals surface area contributed by atoms with Crippen LogP contribution in [0.2, 0.25) is 0 Å². The molecule has 6 nitrogen and oxygen atoms in total. The number of carbonyl (C=O) groups is 1. The third-order valence-corrected chi connectivity index (χ3v) is 3.37. The van der Waals surface area contributed by atoms with Crippen molar-refractivity contribution in [2.24, 2.45) is 0 Å². The molecule has 0 unspecified atom stereocenters. The smallest absolute Gasteiger partial charge is 0.273 e. The Kier molecular flexibility index (Phi) is 2.92. The van der Waals surface area contributed by atoms with E-state index in [9.17, 15) is 4.79 Å². The van der Waals surface area contributed by atoms with Crippen LogP contribution in [0, 0.1) is 0 Å². The third kappa shape index (κ3) is 2.06. The van der Waals surface area contributed by atoms with Gasteiger partial charge in [0.05, 0.1) is 12.2 Å². The lowest BCUT2D eigenvalue weighted by Gasteiger charge is -2.28. The number of nitrogens with zero attached hydrogens (tertiary/aromatic N) is 2. The van der Waals surface area contributed by atoms with Crippen LogP contribution in [0.4, 0.5) is 5.82 Å². The highest BCUT2D eigenvalue weighted by Crippen LogP contribution is 2.18. The molecule has 0 bridgehead atoms. The second-order valence-corrected chi connectivity index (χ2v) is 5.07. The fourth-order valence-electron chi connectivity index (χ4n) is 1.83. The van der Waals surface area contributed by atoms with Gasteiger partial charge in [0, 0.05) is 29.8 Å². The predicted octanol–water partition coefficient (Wildman–Crippen LogP) is 1.37. The minimum atomic E-state index is -0.172. The number of nitrogens with one attached hydrogen (secondary N) is 3. The summed E-state index contributed by atoms with van der Waals surface area (Å²) in [5, 5.41) is 10.3. The number of aromatic nitrogens is 3. The number of H-pyrrole nitrogens is 1. The fourth-order valence-corrected chi connectivity index (χ4v) is 2.18. The topological polar surface area (TPSA) is 74.7 Å². The number of hydrogen-bond acceptors (Lipinski definition) is 3. The summed E-state index contributed by atoms with van der Waals surface area (Å²) in [6.45, 7) is 1.78. The SMILES string of the molecule is O=C(Nc1ccnn1C1CNC1)c1cc(Br)c[nH]1. The number of anilines is 1. The van der Waals surface area contributed by atoms with Crippen molar-refractivity contribution in [3.63, 3.8) is 0 Å². The van der Waals surface area contributed by atoms with Gasteiger partial charge in [0.1, 0.15) is 11.5 Å². The Labute approximate surface area is 112 Å². The Morgan fingerprint density at radius 1 is 1.56 bits per heavy atom. The van der Waals surface area contributed by atoms with E-state index in [1.165, 1.54) is 0 Å². The van der Waals surface area contributed by atoms with Crippen LogP contribution in [0.1, 0.15) is 16.5 Å². The van der Waals surface area contributed by atoms with Gasteiger partial charge in [-0.15, -0.1) is 0 Å². The molecule has 0 saturated carbocycles. The van der Waals surface area contributed by atoms with Crippen LogP contribution in [0.25, 0.3) is 0 Å². The Hall–Kier alpha value is -1.60. The highest BCUT2D eigenvalue weighted by atomic mass is 79.9. The monoisotopic (exact) mass is 309 g/mol. The highest BCUT2D eigenvalue weighted by Gasteiger charge is 2.22. The Morgan fingerprint density at radius 2 is 2.39 bits per heavy atom. The second kappa shape index (κ2) is 4.58. The van der Waals surface area contributed by atoms with Gasteiger partial charge >= 0.3 is 0 Å². The summed E-state index contributed by atoms with van der Waals surface area (Å²) in [5.41, 5.74) is 0.515. The van der Waals surface area contributed by atoms with Gasteiger partial charge in [0.2, 0.25) is 0 Å². The maximum Gasteiger partial charge on any atom is 0.273 e. The van der Waals surface area contributed by atoms with Crippen molar-refractivity contribution in [2.45, 2.75) is 6.04 Å². The summed E-state index contributed by atoms with van der Waals surface area (Å²) >= 11 is 3.30. The van der Waals surface area contributed by atoms with Gasteiger partial charge in [-0.25, -0.2) is 4.68 Å². The molecule has 94 valence electrons. The molecular weight excluding hydrogens is 298 g/mol. The summed E-state index contributed by atoms with van der Waals surface area (Å²) in [7, 11) is 0. The van der Waals surface area contributed by atoms with E-state index >= 15 is 0 Å². The van der Waals surface area contributed by atoms with Crippen molar-refractivity contribution in [2.75, 3.05) is 18.4 Å². The van der Waals surface area contributed by atoms with E-state index in [0.717, 1.165) is 23.4 Å². The minimum absolute atomic E-state index is 0.172. The number of rotatable bonds is 3. The zero-order valence-corrected chi connectivity index (χ0v) is 11.1. The lowest BCUT2D eigenvalue weighted by Crippen LogP contribution is -2.44. The minimum Gasteiger partial charge on any atom is -0.356 e. The molecule has 2 aromatic rings. The van der Waals surface area contributed by atoms with Crippen molar-refractivity contribution in [3.05, 3.63) is 34.7 Å². The highest BCUT2D eigenvalue weighted by molar-refractivity contribution is 9.10. The van der Waals surface area contributed by atoms with Gasteiger partial charge in [0.25, 0.3) is 5.91 Å². The van der Waals surface area contributed by atoms with Crippen LogP contribution in [0.3, 0.4) is 0 Å². The Bertz CT molecular complexity index is 572. The Morgan fingerprint density at radius 3 is 3.00 bits per heavy atom. The zero-order valence-electron chi connectivity index (χ0n) is 9.48. The molecule has 1 aliphatic heterocycles. The van der Waals surface area contributed by atoms with Crippen molar-refractivity contribution >= 4 is 27.7 Å². The fraction of sp³-hybridized carbons (Fsp3) is 0.273. The van der Waals surface area contributed by atoms with Crippen molar-refractivity contribution < 1.29 is 4.79 Å². The molecule has 0 atom stereocenters. The number of halogens is 1. The molecule has 1 fully saturated rings. The number of hydrogen-bond donors (Lipinski definition) is 3. The van der Waals surface area contributed by atoms with Gasteiger partial charge in [-0.3, -0.25) is 4.79 Å². The molecule has 2 aromatic heterocycles. The maximum atomic E-state index is 12.0. The van der Waals surface area contributed by atoms with Gasteiger partial charge in [-0.1, -0.05) is 0 Å². The lowest BCUT2D eigenvalue weighted by atomic mass is 10.2. The average Bonchev–Trinajstić information content (AvgIpc) is 2.86. The largest absolute Gasteiger partial charge is 0.356 e. The first-order valence-corrected chi connectivity index (χ1v) is 6.43. The molecule has 1 saturated heterocycles. The van der Waals surface area contributed by atoms with E-state index in [1.807, 2.05) is 4.68 Å². The van der Waals surface area contributed by atoms with Crippen LogP contribution < -0.4 is 10.6 Å². The van der Waals surface area contributed by atoms with E-state index in [-0.39, 0.29) is 5.91 Å². The molecule has 3 rings (SSSR count). The van der Waals surface area contributed by atoms with Crippen molar-refractivity contribution in [1.82, 2.24) is 20.1 Å². The molecule has 0 aromatic carbocycles. The average molecular weight is 310 g/mol. The second-order valence-electron chi connectivity index (χ2n) is 4.16. The molecule has 3 heterocycles. The molecule has 1 aliphatic rings. The summed E-state index contributed by atoms with van der Waals surface area (Å²) in [6, 6.07) is 3.86. The van der Waals surface area contributed by atoms with E-state index in [0.29, 0.717) is 11.7 Å². The molecule has 0 radical (unpaired) electrons. The van der Waals surface area contributed by atoms with Gasteiger partial charge < -0.3 is 15.6 Å². The summed E-state index contributed by atoms with van der Waals surface area (Å²) in [5.74, 6) is 0.548. The van der Waals surface area contributed by atoms with E-state index in [4.69, 9.17) is 0 Å². The first-order valence-electron chi connectivity index (χ1n) is 5.63. The normalized spacial score (nSPS) is 15.4. The van der Waals surface area contributed by atoms with Gasteiger partial charge in [-0.05, 0) is 22.0 Å². The first-order chi connectivity index (χ1) is 8.74.